The average Bonchev–Trinajstić information content (AvgIpc) is 2.51. The molecule has 0 aromatic heterocycles. The van der Waals surface area contributed by atoms with Crippen LogP contribution >= 0.6 is 11.6 Å². The quantitative estimate of drug-likeness (QED) is 0.581. The summed E-state index contributed by atoms with van der Waals surface area (Å²) in [6.45, 7) is 3.23. The van der Waals surface area contributed by atoms with Gasteiger partial charge in [-0.05, 0) is 56.5 Å². The summed E-state index contributed by atoms with van der Waals surface area (Å²) < 4.78 is 5.45. The fourth-order valence-corrected chi connectivity index (χ4v) is 3.91. The summed E-state index contributed by atoms with van der Waals surface area (Å²) >= 11 is 5.81. The molecule has 0 radical (unpaired) electrons. The molecular formula is C18H24ClN3O3. The normalized spacial score (nSPS) is 26.2. The van der Waals surface area contributed by atoms with E-state index in [1.165, 1.54) is 0 Å². The van der Waals surface area contributed by atoms with E-state index < -0.39 is 0 Å². The molecule has 6 nitrogen and oxygen atoms in total. The molecule has 0 heterocycles. The van der Waals surface area contributed by atoms with Crippen molar-refractivity contribution in [2.45, 2.75) is 43.7 Å². The lowest BCUT2D eigenvalue weighted by atomic mass is 9.44. The molecule has 25 heavy (non-hydrogen) atoms. The van der Waals surface area contributed by atoms with Crippen LogP contribution in [0.5, 0.6) is 5.75 Å². The van der Waals surface area contributed by atoms with Gasteiger partial charge in [0.2, 0.25) is 5.91 Å². The van der Waals surface area contributed by atoms with E-state index in [1.807, 2.05) is 0 Å². The van der Waals surface area contributed by atoms with E-state index in [2.05, 4.69) is 22.9 Å². The van der Waals surface area contributed by atoms with Crippen LogP contribution < -0.4 is 20.7 Å². The first-order valence-electron chi connectivity index (χ1n) is 8.65. The van der Waals surface area contributed by atoms with Gasteiger partial charge < -0.3 is 20.7 Å². The molecule has 1 aromatic rings. The van der Waals surface area contributed by atoms with Crippen LogP contribution in [0.1, 0.15) is 32.6 Å². The van der Waals surface area contributed by atoms with Gasteiger partial charge in [-0.2, -0.15) is 0 Å². The summed E-state index contributed by atoms with van der Waals surface area (Å²) in [7, 11) is 0. The standard InChI is InChI=1S/C18H24ClN3O3/c1-2-7-20-8-15(23)21-17-10-18(11-17,12-17)22-16(24)9-25-14-5-3-13(19)4-6-14/h3-6,20H,2,7-12H2,1H3,(H,21,23)(H,22,24). The maximum absolute atomic E-state index is 12.1. The van der Waals surface area contributed by atoms with Gasteiger partial charge in [0.25, 0.3) is 5.91 Å². The predicted octanol–water partition coefficient (Wildman–Crippen LogP) is 1.63. The SMILES string of the molecule is CCCNCC(=O)NC12CC(NC(=O)COc3ccc(Cl)cc3)(C1)C2. The average molecular weight is 366 g/mol. The van der Waals surface area contributed by atoms with Crippen molar-refractivity contribution in [1.29, 1.82) is 0 Å². The molecule has 7 heteroatoms. The van der Waals surface area contributed by atoms with Crippen LogP contribution in [0.25, 0.3) is 0 Å². The molecule has 0 unspecified atom stereocenters. The van der Waals surface area contributed by atoms with E-state index in [1.54, 1.807) is 24.3 Å². The molecule has 3 N–H and O–H groups in total. The van der Waals surface area contributed by atoms with Crippen LogP contribution in [0, 0.1) is 0 Å². The number of benzene rings is 1. The molecule has 0 atom stereocenters. The molecule has 136 valence electrons. The van der Waals surface area contributed by atoms with Crippen molar-refractivity contribution < 1.29 is 14.3 Å². The minimum atomic E-state index is -0.162. The van der Waals surface area contributed by atoms with Gasteiger partial charge >= 0.3 is 0 Å². The van der Waals surface area contributed by atoms with E-state index in [-0.39, 0.29) is 29.5 Å². The number of ether oxygens (including phenoxy) is 1. The Morgan fingerprint density at radius 3 is 2.28 bits per heavy atom. The van der Waals surface area contributed by atoms with E-state index in [0.29, 0.717) is 17.3 Å². The second-order valence-electron chi connectivity index (χ2n) is 7.11. The third-order valence-electron chi connectivity index (χ3n) is 4.74. The Balaban J connectivity index is 1.35. The highest BCUT2D eigenvalue weighted by Gasteiger charge is 2.69. The zero-order chi connectivity index (χ0) is 17.9. The van der Waals surface area contributed by atoms with Crippen molar-refractivity contribution in [1.82, 2.24) is 16.0 Å². The highest BCUT2D eigenvalue weighted by molar-refractivity contribution is 6.30. The molecule has 3 saturated carbocycles. The summed E-state index contributed by atoms with van der Waals surface area (Å²) in [6.07, 6.45) is 3.40. The van der Waals surface area contributed by atoms with E-state index in [9.17, 15) is 9.59 Å². The van der Waals surface area contributed by atoms with Gasteiger partial charge in [0.1, 0.15) is 5.75 Å². The molecule has 0 saturated heterocycles. The van der Waals surface area contributed by atoms with E-state index in [0.717, 1.165) is 32.2 Å². The third-order valence-corrected chi connectivity index (χ3v) is 4.99. The predicted molar refractivity (Wildman–Crippen MR) is 95.7 cm³/mol. The number of halogens is 1. The van der Waals surface area contributed by atoms with Gasteiger partial charge in [0, 0.05) is 16.1 Å². The third kappa shape index (κ3) is 4.25. The number of carbonyl (C=O) groups excluding carboxylic acids is 2. The van der Waals surface area contributed by atoms with Gasteiger partial charge in [0.15, 0.2) is 6.61 Å². The number of amides is 2. The minimum absolute atomic E-state index is 0.0241. The molecule has 3 aliphatic rings. The molecule has 1 aromatic carbocycles. The largest absolute Gasteiger partial charge is 0.484 e. The Morgan fingerprint density at radius 1 is 1.08 bits per heavy atom. The minimum Gasteiger partial charge on any atom is -0.484 e. The molecule has 2 amide bonds. The van der Waals surface area contributed by atoms with E-state index in [4.69, 9.17) is 16.3 Å². The lowest BCUT2D eigenvalue weighted by Gasteiger charge is -2.70. The Kier molecular flexibility index (Phi) is 5.20. The number of rotatable bonds is 9. The number of hydrogen-bond donors (Lipinski definition) is 3. The lowest BCUT2D eigenvalue weighted by Crippen LogP contribution is -2.84. The van der Waals surface area contributed by atoms with Crippen molar-refractivity contribution in [3.05, 3.63) is 29.3 Å². The first-order valence-corrected chi connectivity index (χ1v) is 9.03. The van der Waals surface area contributed by atoms with Gasteiger partial charge in [0.05, 0.1) is 6.54 Å². The van der Waals surface area contributed by atoms with Gasteiger partial charge in [-0.1, -0.05) is 18.5 Å². The highest BCUT2D eigenvalue weighted by Crippen LogP contribution is 2.60. The van der Waals surface area contributed by atoms with Crippen LogP contribution in [0.3, 0.4) is 0 Å². The van der Waals surface area contributed by atoms with Crippen LogP contribution in [-0.4, -0.2) is 42.6 Å². The topological polar surface area (TPSA) is 79.5 Å². The zero-order valence-electron chi connectivity index (χ0n) is 14.4. The Bertz CT molecular complexity index is 628. The lowest BCUT2D eigenvalue weighted by molar-refractivity contribution is -0.150. The smallest absolute Gasteiger partial charge is 0.258 e. The van der Waals surface area contributed by atoms with E-state index >= 15 is 0 Å². The first-order chi connectivity index (χ1) is 11.9. The van der Waals surface area contributed by atoms with Crippen LogP contribution in [0.15, 0.2) is 24.3 Å². The van der Waals surface area contributed by atoms with Gasteiger partial charge in [-0.25, -0.2) is 0 Å². The maximum Gasteiger partial charge on any atom is 0.258 e. The Labute approximate surface area is 152 Å². The number of carbonyl (C=O) groups is 2. The first kappa shape index (κ1) is 18.0. The summed E-state index contributed by atoms with van der Waals surface area (Å²) in [4.78, 5) is 23.9. The fraction of sp³-hybridized carbons (Fsp3) is 0.556. The molecule has 0 aliphatic heterocycles. The molecular weight excluding hydrogens is 342 g/mol. The second-order valence-corrected chi connectivity index (χ2v) is 7.54. The van der Waals surface area contributed by atoms with Crippen molar-refractivity contribution in [2.24, 2.45) is 0 Å². The van der Waals surface area contributed by atoms with Crippen LogP contribution in [-0.2, 0) is 9.59 Å². The molecule has 2 bridgehead atoms. The van der Waals surface area contributed by atoms with Crippen molar-refractivity contribution in [3.8, 4) is 5.75 Å². The monoisotopic (exact) mass is 365 g/mol. The molecule has 0 spiro atoms. The Hall–Kier alpha value is -1.79. The summed E-state index contributed by atoms with van der Waals surface area (Å²) in [5.74, 6) is 0.499. The summed E-state index contributed by atoms with van der Waals surface area (Å²) in [5.41, 5.74) is -0.278. The zero-order valence-corrected chi connectivity index (χ0v) is 15.1. The van der Waals surface area contributed by atoms with Crippen molar-refractivity contribution in [2.75, 3.05) is 19.7 Å². The van der Waals surface area contributed by atoms with Crippen LogP contribution in [0.4, 0.5) is 0 Å². The molecule has 3 fully saturated rings. The highest BCUT2D eigenvalue weighted by atomic mass is 35.5. The summed E-state index contributed by atoms with van der Waals surface area (Å²) in [6, 6.07) is 6.90. The Morgan fingerprint density at radius 2 is 1.68 bits per heavy atom. The van der Waals surface area contributed by atoms with Gasteiger partial charge in [-0.15, -0.1) is 0 Å². The number of nitrogens with one attached hydrogen (secondary N) is 3. The van der Waals surface area contributed by atoms with Crippen LogP contribution in [0.2, 0.25) is 5.02 Å². The van der Waals surface area contributed by atoms with Crippen molar-refractivity contribution >= 4 is 23.4 Å². The second kappa shape index (κ2) is 7.22. The van der Waals surface area contributed by atoms with Crippen molar-refractivity contribution in [3.63, 3.8) is 0 Å². The summed E-state index contributed by atoms with van der Waals surface area (Å²) in [5, 5.41) is 9.84. The maximum atomic E-state index is 12.1. The molecule has 3 aliphatic carbocycles. The molecule has 4 rings (SSSR count). The van der Waals surface area contributed by atoms with Gasteiger partial charge in [-0.3, -0.25) is 9.59 Å². The fourth-order valence-electron chi connectivity index (χ4n) is 3.78. The number of hydrogen-bond acceptors (Lipinski definition) is 4.